The van der Waals surface area contributed by atoms with Gasteiger partial charge in [0.25, 0.3) is 5.91 Å². The first kappa shape index (κ1) is 37.8. The molecule has 1 aliphatic heterocycles. The Bertz CT molecular complexity index is 1270. The fraction of sp³-hybridized carbons (Fsp3) is 0.750. The third-order valence-corrected chi connectivity index (χ3v) is 9.51. The Labute approximate surface area is 274 Å². The number of Topliss-reactive ketones (excluding diaryl/α,β-unsaturated/α-hetero) is 1. The van der Waals surface area contributed by atoms with Crippen LogP contribution in [-0.4, -0.2) is 102 Å². The van der Waals surface area contributed by atoms with Gasteiger partial charge in [-0.1, -0.05) is 54.5 Å². The van der Waals surface area contributed by atoms with Gasteiger partial charge in [-0.15, -0.1) is 6.58 Å². The van der Waals surface area contributed by atoms with Crippen LogP contribution in [0.25, 0.3) is 0 Å². The van der Waals surface area contributed by atoms with Crippen LogP contribution >= 0.6 is 0 Å². The van der Waals surface area contributed by atoms with E-state index in [0.29, 0.717) is 0 Å². The van der Waals surface area contributed by atoms with Crippen LogP contribution in [0.5, 0.6) is 0 Å². The third kappa shape index (κ3) is 8.83. The molecular formula is C32H49F3N6O6. The summed E-state index contributed by atoms with van der Waals surface area (Å²) in [5.74, 6) is -5.54. The summed E-state index contributed by atoms with van der Waals surface area (Å²) in [6.45, 7) is 15.8. The normalized spacial score (nSPS) is 23.5. The number of fused-ring (bicyclic) bond motifs is 1. The van der Waals surface area contributed by atoms with Gasteiger partial charge in [0.05, 0.1) is 6.42 Å². The molecule has 1 heterocycles. The minimum atomic E-state index is -4.89. The first-order chi connectivity index (χ1) is 21.5. The van der Waals surface area contributed by atoms with Crippen LogP contribution in [0.4, 0.5) is 18.0 Å². The Morgan fingerprint density at radius 2 is 1.62 bits per heavy atom. The summed E-state index contributed by atoms with van der Waals surface area (Å²) in [6, 6.07) is -6.16. The van der Waals surface area contributed by atoms with Crippen molar-refractivity contribution < 1.29 is 41.9 Å². The summed E-state index contributed by atoms with van der Waals surface area (Å²) in [5, 5.41) is 9.63. The van der Waals surface area contributed by atoms with Gasteiger partial charge in [0.1, 0.15) is 24.2 Å². The Hall–Kier alpha value is -3.65. The van der Waals surface area contributed by atoms with Crippen molar-refractivity contribution in [3.63, 3.8) is 0 Å². The number of hydrogen-bond acceptors (Lipinski definition) is 6. The maximum absolute atomic E-state index is 14.2. The number of alkyl halides is 3. The van der Waals surface area contributed by atoms with Crippen molar-refractivity contribution in [2.45, 2.75) is 104 Å². The molecule has 0 bridgehead atoms. The van der Waals surface area contributed by atoms with Gasteiger partial charge in [0, 0.05) is 26.2 Å². The van der Waals surface area contributed by atoms with E-state index in [1.54, 1.807) is 46.6 Å². The Balaban J connectivity index is 1.84. The summed E-state index contributed by atoms with van der Waals surface area (Å²) < 4.78 is 40.4. The number of carbonyl (C=O) groups excluding carboxylic acids is 6. The summed E-state index contributed by atoms with van der Waals surface area (Å²) in [4.78, 5) is 82.1. The van der Waals surface area contributed by atoms with Crippen molar-refractivity contribution in [3.8, 4) is 0 Å². The number of nitrogens with zero attached hydrogens (tertiary/aromatic N) is 2. The lowest BCUT2D eigenvalue weighted by atomic mass is 9.85. The zero-order valence-corrected chi connectivity index (χ0v) is 28.4. The molecule has 4 N–H and O–H groups in total. The third-order valence-electron chi connectivity index (χ3n) is 9.51. The SMILES string of the molecule is C=CCNC(=O)C(=O)C(CC(F)(F)F)NC(=O)[C@@H]1[C@@H]2[C@H](CN1C(=O)[C@@H](NC(=O)N[C@H](C(=O)N(C)C1CC1)C(C)C)C(C)(C)C)C2(C)C. The molecule has 0 radical (unpaired) electrons. The lowest BCUT2D eigenvalue weighted by Crippen LogP contribution is -2.62. The highest BCUT2D eigenvalue weighted by Crippen LogP contribution is 2.65. The fourth-order valence-electron chi connectivity index (χ4n) is 6.42. The summed E-state index contributed by atoms with van der Waals surface area (Å²) in [6.07, 6.45) is -3.66. The fourth-order valence-corrected chi connectivity index (χ4v) is 6.42. The number of carbonyl (C=O) groups is 6. The first-order valence-corrected chi connectivity index (χ1v) is 16.0. The summed E-state index contributed by atoms with van der Waals surface area (Å²) in [7, 11) is 1.68. The molecule has 6 amide bonds. The van der Waals surface area contributed by atoms with Crippen molar-refractivity contribution in [2.75, 3.05) is 20.1 Å². The molecule has 47 heavy (non-hydrogen) atoms. The van der Waals surface area contributed by atoms with Crippen LogP contribution in [0.2, 0.25) is 0 Å². The smallest absolute Gasteiger partial charge is 0.346 e. The first-order valence-electron chi connectivity index (χ1n) is 16.0. The number of likely N-dealkylation sites (N-methyl/N-ethyl adjacent to an activating group) is 1. The second-order valence-electron chi connectivity index (χ2n) is 15.0. The maximum atomic E-state index is 14.2. The van der Waals surface area contributed by atoms with Gasteiger partial charge in [0.15, 0.2) is 0 Å². The van der Waals surface area contributed by atoms with Gasteiger partial charge in [-0.2, -0.15) is 13.2 Å². The van der Waals surface area contributed by atoms with Gasteiger partial charge < -0.3 is 31.1 Å². The highest BCUT2D eigenvalue weighted by Gasteiger charge is 2.70. The molecule has 0 spiro atoms. The molecule has 0 aromatic heterocycles. The van der Waals surface area contributed by atoms with Crippen LogP contribution in [0.15, 0.2) is 12.7 Å². The van der Waals surface area contributed by atoms with Gasteiger partial charge in [-0.25, -0.2) is 4.79 Å². The number of amides is 6. The monoisotopic (exact) mass is 670 g/mol. The Kier molecular flexibility index (Phi) is 11.1. The van der Waals surface area contributed by atoms with Crippen LogP contribution in [-0.2, 0) is 24.0 Å². The van der Waals surface area contributed by atoms with Crippen molar-refractivity contribution in [3.05, 3.63) is 12.7 Å². The molecule has 3 aliphatic rings. The molecule has 1 saturated heterocycles. The van der Waals surface area contributed by atoms with Crippen LogP contribution in [0, 0.1) is 28.6 Å². The van der Waals surface area contributed by atoms with E-state index < -0.39 is 83.0 Å². The number of urea groups is 1. The number of piperidine rings is 1. The zero-order chi connectivity index (χ0) is 35.8. The Morgan fingerprint density at radius 3 is 2.11 bits per heavy atom. The van der Waals surface area contributed by atoms with Gasteiger partial charge in [0.2, 0.25) is 23.5 Å². The Morgan fingerprint density at radius 1 is 1.02 bits per heavy atom. The topological polar surface area (TPSA) is 157 Å². The lowest BCUT2D eigenvalue weighted by Gasteiger charge is -2.38. The average Bonchev–Trinajstić information content (AvgIpc) is 3.83. The van der Waals surface area contributed by atoms with Crippen molar-refractivity contribution in [1.29, 1.82) is 0 Å². The van der Waals surface area contributed by atoms with Gasteiger partial charge in [-0.3, -0.25) is 24.0 Å². The predicted molar refractivity (Wildman–Crippen MR) is 166 cm³/mol. The van der Waals surface area contributed by atoms with E-state index in [1.165, 1.54) is 11.0 Å². The highest BCUT2D eigenvalue weighted by molar-refractivity contribution is 6.38. The van der Waals surface area contributed by atoms with E-state index in [2.05, 4.69) is 27.8 Å². The molecule has 2 saturated carbocycles. The second kappa shape index (κ2) is 13.8. The molecule has 0 aromatic carbocycles. The molecule has 3 fully saturated rings. The van der Waals surface area contributed by atoms with E-state index in [-0.39, 0.29) is 36.9 Å². The van der Waals surface area contributed by atoms with E-state index >= 15 is 0 Å². The number of halogens is 3. The number of ketones is 1. The van der Waals surface area contributed by atoms with Crippen molar-refractivity contribution >= 4 is 35.4 Å². The van der Waals surface area contributed by atoms with Crippen molar-refractivity contribution in [2.24, 2.45) is 28.6 Å². The number of rotatable bonds is 13. The number of nitrogens with one attached hydrogen (secondary N) is 4. The van der Waals surface area contributed by atoms with E-state index in [4.69, 9.17) is 0 Å². The quantitative estimate of drug-likeness (QED) is 0.174. The van der Waals surface area contributed by atoms with Crippen LogP contribution in [0.1, 0.15) is 67.7 Å². The molecule has 15 heteroatoms. The van der Waals surface area contributed by atoms with Crippen LogP contribution < -0.4 is 21.3 Å². The standard InChI is InChI=1S/C32H49F3N6O6/c1-10-13-36-26(44)23(42)19(14-32(33,34)35)37-25(43)22-20-18(31(20,7)8)15-41(22)28(46)24(30(4,5)6)39-29(47)38-21(16(2)3)27(45)40(9)17-11-12-17/h10,16-22,24H,1,11-15H2,2-9H3,(H,36,44)(H,37,43)(H2,38,39,47)/t18-,19?,20-,21-,22-,24+/m0/s1. The molecule has 1 unspecified atom stereocenters. The maximum Gasteiger partial charge on any atom is 0.391 e. The molecule has 12 nitrogen and oxygen atoms in total. The number of likely N-dealkylation sites (tertiary alicyclic amines) is 1. The largest absolute Gasteiger partial charge is 0.391 e. The molecule has 0 aromatic rings. The molecule has 264 valence electrons. The minimum Gasteiger partial charge on any atom is -0.346 e. The average molecular weight is 671 g/mol. The van der Waals surface area contributed by atoms with E-state index in [0.717, 1.165) is 12.8 Å². The predicted octanol–water partition coefficient (Wildman–Crippen LogP) is 2.14. The highest BCUT2D eigenvalue weighted by atomic mass is 19.4. The molecule has 2 aliphatic carbocycles. The lowest BCUT2D eigenvalue weighted by molar-refractivity contribution is -0.155. The number of hydrogen-bond donors (Lipinski definition) is 4. The van der Waals surface area contributed by atoms with Gasteiger partial charge >= 0.3 is 12.2 Å². The van der Waals surface area contributed by atoms with Gasteiger partial charge in [-0.05, 0) is 41.4 Å². The van der Waals surface area contributed by atoms with Crippen molar-refractivity contribution in [1.82, 2.24) is 31.1 Å². The van der Waals surface area contributed by atoms with E-state index in [9.17, 15) is 41.9 Å². The zero-order valence-electron chi connectivity index (χ0n) is 28.4. The minimum absolute atomic E-state index is 0.0987. The second-order valence-corrected chi connectivity index (χ2v) is 15.0. The van der Waals surface area contributed by atoms with Crippen LogP contribution in [0.3, 0.4) is 0 Å². The van der Waals surface area contributed by atoms with E-state index in [1.807, 2.05) is 13.8 Å². The molecule has 6 atom stereocenters. The molecular weight excluding hydrogens is 621 g/mol. The summed E-state index contributed by atoms with van der Waals surface area (Å²) >= 11 is 0. The summed E-state index contributed by atoms with van der Waals surface area (Å²) in [5.41, 5.74) is -1.32. The molecule has 3 rings (SSSR count).